The van der Waals surface area contributed by atoms with E-state index >= 15 is 0 Å². The van der Waals surface area contributed by atoms with Crippen molar-refractivity contribution in [2.24, 2.45) is 9.98 Å². The van der Waals surface area contributed by atoms with E-state index in [0.717, 1.165) is 0 Å². The van der Waals surface area contributed by atoms with Gasteiger partial charge in [-0.3, -0.25) is 0 Å². The van der Waals surface area contributed by atoms with Gasteiger partial charge in [0.1, 0.15) is 16.5 Å². The minimum atomic E-state index is -0.508. The molecule has 5 heteroatoms. The number of carbonyl (C=O) groups is 1. The summed E-state index contributed by atoms with van der Waals surface area (Å²) in [5, 5.41) is 0.963. The topological polar surface area (TPSA) is 77.0 Å². The highest BCUT2D eigenvalue weighted by atomic mass is 16.5. The highest BCUT2D eigenvalue weighted by Gasteiger charge is 2.10. The Bertz CT molecular complexity index is 508. The van der Waals surface area contributed by atoms with Crippen LogP contribution in [0.3, 0.4) is 0 Å². The molecule has 0 fully saturated rings. The predicted molar refractivity (Wildman–Crippen MR) is 49.7 cm³/mol. The number of benzene rings is 1. The van der Waals surface area contributed by atoms with Gasteiger partial charge in [-0.25, -0.2) is 4.79 Å². The number of carbonyl (C=O) groups excluding carboxylic acids is 1. The van der Waals surface area contributed by atoms with E-state index in [1.807, 2.05) is 6.92 Å². The minimum absolute atomic E-state index is 0.478. The molecule has 0 spiro atoms. The molecule has 72 valence electrons. The molecule has 5 nitrogen and oxygen atoms in total. The fourth-order valence-corrected chi connectivity index (χ4v) is 1.30. The van der Waals surface area contributed by atoms with Crippen LogP contribution in [0.2, 0.25) is 0 Å². The second kappa shape index (κ2) is 3.10. The van der Waals surface area contributed by atoms with Crippen LogP contribution in [-0.4, -0.2) is 12.6 Å². The average Bonchev–Trinajstić information content (AvgIpc) is 2.45. The van der Waals surface area contributed by atoms with Crippen molar-refractivity contribution in [3.05, 3.63) is 22.8 Å². The lowest BCUT2D eigenvalue weighted by atomic mass is 10.3. The summed E-state index contributed by atoms with van der Waals surface area (Å²) >= 11 is 0. The summed E-state index contributed by atoms with van der Waals surface area (Å²) < 4.78 is 5.29. The smallest absolute Gasteiger partial charge is 0.368 e. The highest BCUT2D eigenvalue weighted by molar-refractivity contribution is 5.78. The van der Waals surface area contributed by atoms with E-state index in [0.29, 0.717) is 28.8 Å². The first-order valence-corrected chi connectivity index (χ1v) is 4.24. The van der Waals surface area contributed by atoms with E-state index < -0.39 is 6.03 Å². The van der Waals surface area contributed by atoms with Crippen molar-refractivity contribution in [3.63, 3.8) is 0 Å². The molecule has 1 aliphatic heterocycles. The summed E-state index contributed by atoms with van der Waals surface area (Å²) in [6, 6.07) is 2.73. The number of hydrogen-bond donors (Lipinski definition) is 1. The summed E-state index contributed by atoms with van der Waals surface area (Å²) in [5.41, 5.74) is 6.13. The zero-order valence-corrected chi connectivity index (χ0v) is 7.65. The van der Waals surface area contributed by atoms with Crippen LogP contribution in [0.5, 0.6) is 5.75 Å². The number of amides is 2. The molecular formula is C9H9N3O2. The molecule has 1 heterocycles. The van der Waals surface area contributed by atoms with Crippen LogP contribution in [0.25, 0.3) is 0 Å². The van der Waals surface area contributed by atoms with E-state index in [1.54, 1.807) is 12.1 Å². The van der Waals surface area contributed by atoms with Crippen molar-refractivity contribution >= 4 is 11.7 Å². The SMILES string of the molecule is CCOc1cc(N)cc2c1=NC(=O)N=2. The van der Waals surface area contributed by atoms with Gasteiger partial charge in [-0.05, 0) is 13.0 Å². The van der Waals surface area contributed by atoms with Crippen molar-refractivity contribution < 1.29 is 9.53 Å². The Hall–Kier alpha value is -1.91. The van der Waals surface area contributed by atoms with Crippen LogP contribution < -0.4 is 21.2 Å². The second-order valence-corrected chi connectivity index (χ2v) is 2.83. The number of anilines is 1. The maximum atomic E-state index is 10.9. The predicted octanol–water partition coefficient (Wildman–Crippen LogP) is 0.0403. The zero-order chi connectivity index (χ0) is 10.1. The Morgan fingerprint density at radius 1 is 1.43 bits per heavy atom. The molecular weight excluding hydrogens is 182 g/mol. The Morgan fingerprint density at radius 2 is 2.21 bits per heavy atom. The minimum Gasteiger partial charge on any atom is -0.491 e. The lowest BCUT2D eigenvalue weighted by Gasteiger charge is -2.02. The summed E-state index contributed by atoms with van der Waals surface area (Å²) in [7, 11) is 0. The summed E-state index contributed by atoms with van der Waals surface area (Å²) in [6.07, 6.45) is 0. The van der Waals surface area contributed by atoms with Crippen molar-refractivity contribution in [1.29, 1.82) is 0 Å². The quantitative estimate of drug-likeness (QED) is 0.670. The number of nitrogens with two attached hydrogens (primary N) is 1. The molecule has 14 heavy (non-hydrogen) atoms. The van der Waals surface area contributed by atoms with Crippen LogP contribution in [0, 0.1) is 0 Å². The normalized spacial score (nSPS) is 13.1. The average molecular weight is 191 g/mol. The largest absolute Gasteiger partial charge is 0.491 e. The van der Waals surface area contributed by atoms with Gasteiger partial charge in [0.2, 0.25) is 0 Å². The molecule has 0 saturated carbocycles. The van der Waals surface area contributed by atoms with E-state index in [1.165, 1.54) is 0 Å². The molecule has 0 aromatic heterocycles. The van der Waals surface area contributed by atoms with E-state index in [2.05, 4.69) is 9.98 Å². The monoisotopic (exact) mass is 191 g/mol. The maximum Gasteiger partial charge on any atom is 0.368 e. The van der Waals surface area contributed by atoms with Gasteiger partial charge in [-0.2, -0.15) is 9.98 Å². The Morgan fingerprint density at radius 3 is 2.93 bits per heavy atom. The third-order valence-electron chi connectivity index (χ3n) is 1.80. The first-order chi connectivity index (χ1) is 6.70. The van der Waals surface area contributed by atoms with Gasteiger partial charge >= 0.3 is 6.03 Å². The molecule has 1 aliphatic rings. The number of rotatable bonds is 2. The van der Waals surface area contributed by atoms with Crippen LogP contribution in [0.1, 0.15) is 6.92 Å². The standard InChI is InChI=1S/C9H9N3O2/c1-2-14-7-4-5(10)3-6-8(7)12-9(13)11-6/h3-4H,2,10H2,1H3. The fourth-order valence-electron chi connectivity index (χ4n) is 1.30. The molecule has 0 aliphatic carbocycles. The number of ether oxygens (including phenoxy) is 1. The third kappa shape index (κ3) is 1.32. The zero-order valence-electron chi connectivity index (χ0n) is 7.65. The molecule has 2 N–H and O–H groups in total. The summed E-state index contributed by atoms with van der Waals surface area (Å²) in [6.45, 7) is 2.35. The van der Waals surface area contributed by atoms with Crippen molar-refractivity contribution in [2.75, 3.05) is 12.3 Å². The fraction of sp³-hybridized carbons (Fsp3) is 0.222. The van der Waals surface area contributed by atoms with E-state index in [9.17, 15) is 4.79 Å². The lowest BCUT2D eigenvalue weighted by Crippen LogP contribution is -2.24. The van der Waals surface area contributed by atoms with Crippen LogP contribution >= 0.6 is 0 Å². The van der Waals surface area contributed by atoms with Gasteiger partial charge < -0.3 is 10.5 Å². The third-order valence-corrected chi connectivity index (χ3v) is 1.80. The van der Waals surface area contributed by atoms with E-state index in [-0.39, 0.29) is 0 Å². The van der Waals surface area contributed by atoms with Crippen molar-refractivity contribution in [2.45, 2.75) is 6.92 Å². The second-order valence-electron chi connectivity index (χ2n) is 2.83. The molecule has 2 amide bonds. The van der Waals surface area contributed by atoms with Gasteiger partial charge in [0, 0.05) is 11.8 Å². The Labute approximate surface area is 79.9 Å². The number of nitrogen functional groups attached to an aromatic ring is 1. The maximum absolute atomic E-state index is 10.9. The Kier molecular flexibility index (Phi) is 1.92. The molecule has 0 unspecified atom stereocenters. The molecule has 0 radical (unpaired) electrons. The van der Waals surface area contributed by atoms with Crippen LogP contribution in [-0.2, 0) is 0 Å². The Balaban J connectivity index is 2.71. The van der Waals surface area contributed by atoms with Gasteiger partial charge in [0.05, 0.1) is 6.61 Å². The lowest BCUT2D eigenvalue weighted by molar-refractivity contribution is 0.256. The molecule has 0 atom stereocenters. The first-order valence-electron chi connectivity index (χ1n) is 4.24. The number of hydrogen-bond acceptors (Lipinski definition) is 3. The van der Waals surface area contributed by atoms with Crippen molar-refractivity contribution in [1.82, 2.24) is 0 Å². The number of nitrogens with zero attached hydrogens (tertiary/aromatic N) is 2. The van der Waals surface area contributed by atoms with Gasteiger partial charge in [0.25, 0.3) is 0 Å². The van der Waals surface area contributed by atoms with Crippen LogP contribution in [0.4, 0.5) is 10.5 Å². The van der Waals surface area contributed by atoms with Gasteiger partial charge in [-0.1, -0.05) is 0 Å². The number of fused-ring (bicyclic) bond motifs is 1. The van der Waals surface area contributed by atoms with Crippen molar-refractivity contribution in [3.8, 4) is 5.75 Å². The molecule has 0 saturated heterocycles. The van der Waals surface area contributed by atoms with E-state index in [4.69, 9.17) is 10.5 Å². The molecule has 2 rings (SSSR count). The molecule has 1 aromatic carbocycles. The first kappa shape index (κ1) is 8.68. The molecule has 1 aromatic rings. The van der Waals surface area contributed by atoms with Gasteiger partial charge in [0.15, 0.2) is 0 Å². The number of urea groups is 1. The molecule has 0 bridgehead atoms. The van der Waals surface area contributed by atoms with Gasteiger partial charge in [-0.15, -0.1) is 0 Å². The summed E-state index contributed by atoms with van der Waals surface area (Å²) in [5.74, 6) is 0.511. The van der Waals surface area contributed by atoms with Crippen LogP contribution in [0.15, 0.2) is 22.1 Å². The highest BCUT2D eigenvalue weighted by Crippen LogP contribution is 2.08. The summed E-state index contributed by atoms with van der Waals surface area (Å²) in [4.78, 5) is 18.4.